The van der Waals surface area contributed by atoms with Gasteiger partial charge in [0.15, 0.2) is 0 Å². The lowest BCUT2D eigenvalue weighted by Crippen LogP contribution is -2.58. The van der Waals surface area contributed by atoms with Gasteiger partial charge < -0.3 is 0 Å². The van der Waals surface area contributed by atoms with Crippen LogP contribution in [0.1, 0.15) is 6.92 Å². The summed E-state index contributed by atoms with van der Waals surface area (Å²) in [5.74, 6) is -3.42. The molecule has 4 amide bonds. The number of hydrogen-bond acceptors (Lipinski definition) is 4. The Morgan fingerprint density at radius 2 is 1.83 bits per heavy atom. The number of urea groups is 1. The van der Waals surface area contributed by atoms with Crippen LogP contribution in [0, 0.1) is 0 Å². The highest BCUT2D eigenvalue weighted by molar-refractivity contribution is 6.66. The van der Waals surface area contributed by atoms with Gasteiger partial charge in [-0.25, -0.2) is 4.79 Å². The third-order valence-corrected chi connectivity index (χ3v) is 1.43. The number of likely N-dealkylation sites (N-methyl/N-ethyl adjacent to an activating group) is 1. The van der Waals surface area contributed by atoms with Crippen LogP contribution in [0.25, 0.3) is 0 Å². The summed E-state index contributed by atoms with van der Waals surface area (Å²) < 4.78 is 0. The fourth-order valence-electron chi connectivity index (χ4n) is 0.821. The van der Waals surface area contributed by atoms with Gasteiger partial charge in [-0.05, 0) is 6.92 Å². The van der Waals surface area contributed by atoms with Gasteiger partial charge in [0.25, 0.3) is 0 Å². The summed E-state index contributed by atoms with van der Waals surface area (Å²) in [5, 5.41) is 1.74. The normalized spacial score (nSPS) is 18.2. The maximum atomic E-state index is 10.9. The molecule has 0 spiro atoms. The van der Waals surface area contributed by atoms with Crippen molar-refractivity contribution in [1.82, 2.24) is 10.2 Å². The van der Waals surface area contributed by atoms with Crippen LogP contribution in [0.2, 0.25) is 0 Å². The molecule has 64 valence electrons. The summed E-state index contributed by atoms with van der Waals surface area (Å²) in [6, 6.07) is -0.841. The summed E-state index contributed by atoms with van der Waals surface area (Å²) in [7, 11) is 0. The maximum Gasteiger partial charge on any atom is 0.331 e. The maximum absolute atomic E-state index is 10.9. The van der Waals surface area contributed by atoms with Gasteiger partial charge in [0.1, 0.15) is 0 Å². The molecule has 12 heavy (non-hydrogen) atoms. The van der Waals surface area contributed by atoms with E-state index in [0.29, 0.717) is 4.90 Å². The van der Waals surface area contributed by atoms with Gasteiger partial charge in [-0.3, -0.25) is 24.6 Å². The largest absolute Gasteiger partial charge is 0.331 e. The smallest absolute Gasteiger partial charge is 0.277 e. The van der Waals surface area contributed by atoms with Crippen molar-refractivity contribution in [2.45, 2.75) is 6.92 Å². The zero-order valence-corrected chi connectivity index (χ0v) is 6.29. The summed E-state index contributed by atoms with van der Waals surface area (Å²) in [6.45, 7) is 1.60. The minimum Gasteiger partial charge on any atom is -0.277 e. The lowest BCUT2D eigenvalue weighted by molar-refractivity contribution is -0.150. The van der Waals surface area contributed by atoms with E-state index in [-0.39, 0.29) is 6.54 Å². The van der Waals surface area contributed by atoms with Crippen LogP contribution in [0.3, 0.4) is 0 Å². The van der Waals surface area contributed by atoms with Crippen LogP contribution >= 0.6 is 0 Å². The molecule has 0 aromatic rings. The molecule has 1 aliphatic rings. The molecule has 0 bridgehead atoms. The first-order chi connectivity index (χ1) is 5.57. The number of hydrogen-bond donors (Lipinski definition) is 1. The summed E-state index contributed by atoms with van der Waals surface area (Å²) in [5.41, 5.74) is 0. The Hall–Kier alpha value is -1.72. The van der Waals surface area contributed by atoms with Gasteiger partial charge in [-0.15, -0.1) is 0 Å². The molecule has 0 saturated carbocycles. The molecule has 0 atom stereocenters. The lowest BCUT2D eigenvalue weighted by Gasteiger charge is -2.21. The third-order valence-electron chi connectivity index (χ3n) is 1.43. The quantitative estimate of drug-likeness (QED) is 0.493. The van der Waals surface area contributed by atoms with E-state index in [1.54, 1.807) is 5.32 Å². The summed E-state index contributed by atoms with van der Waals surface area (Å²) >= 11 is 0. The molecule has 0 aromatic heterocycles. The number of ketones is 1. The molecule has 1 heterocycles. The number of imide groups is 2. The Morgan fingerprint density at radius 1 is 1.25 bits per heavy atom. The standard InChI is InChI=1S/C6H6N2O4/c1-2-8-5(11)3(9)4(10)7-6(8)12/h2H2,1H3,(H,7,10,12). The molecule has 1 aliphatic heterocycles. The van der Waals surface area contributed by atoms with Crippen molar-refractivity contribution in [3.05, 3.63) is 0 Å². The molecule has 1 rings (SSSR count). The van der Waals surface area contributed by atoms with Crippen LogP contribution < -0.4 is 5.32 Å². The van der Waals surface area contributed by atoms with E-state index in [0.717, 1.165) is 0 Å². The Morgan fingerprint density at radius 3 is 2.33 bits per heavy atom. The van der Waals surface area contributed by atoms with E-state index in [1.165, 1.54) is 6.92 Å². The molecule has 1 saturated heterocycles. The minimum atomic E-state index is -1.20. The zero-order chi connectivity index (χ0) is 9.30. The minimum absolute atomic E-state index is 0.0731. The molecule has 0 aliphatic carbocycles. The van der Waals surface area contributed by atoms with Crippen molar-refractivity contribution in [2.24, 2.45) is 0 Å². The molecular formula is C6H6N2O4. The van der Waals surface area contributed by atoms with Crippen LogP contribution in [-0.2, 0) is 14.4 Å². The van der Waals surface area contributed by atoms with Gasteiger partial charge in [-0.2, -0.15) is 0 Å². The fraction of sp³-hybridized carbons (Fsp3) is 0.333. The number of nitrogens with zero attached hydrogens (tertiary/aromatic N) is 1. The number of amides is 4. The zero-order valence-electron chi connectivity index (χ0n) is 6.29. The van der Waals surface area contributed by atoms with E-state index in [9.17, 15) is 19.2 Å². The number of Topliss-reactive ketones (excluding diaryl/α,β-unsaturated/α-hetero) is 1. The summed E-state index contributed by atoms with van der Waals surface area (Å²) in [4.78, 5) is 43.6. The predicted molar refractivity (Wildman–Crippen MR) is 35.9 cm³/mol. The monoisotopic (exact) mass is 170 g/mol. The van der Waals surface area contributed by atoms with E-state index >= 15 is 0 Å². The van der Waals surface area contributed by atoms with Crippen LogP contribution in [0.4, 0.5) is 4.79 Å². The van der Waals surface area contributed by atoms with Crippen molar-refractivity contribution in [3.8, 4) is 0 Å². The number of carbonyl (C=O) groups excluding carboxylic acids is 4. The molecule has 0 unspecified atom stereocenters. The van der Waals surface area contributed by atoms with Crippen molar-refractivity contribution >= 4 is 23.6 Å². The lowest BCUT2D eigenvalue weighted by atomic mass is 10.3. The van der Waals surface area contributed by atoms with E-state index in [1.807, 2.05) is 0 Å². The topological polar surface area (TPSA) is 83.6 Å². The van der Waals surface area contributed by atoms with Crippen molar-refractivity contribution < 1.29 is 19.2 Å². The van der Waals surface area contributed by atoms with Gasteiger partial charge in [0.05, 0.1) is 0 Å². The molecule has 1 fully saturated rings. The second-order valence-electron chi connectivity index (χ2n) is 2.14. The Bertz CT molecular complexity index is 283. The van der Waals surface area contributed by atoms with Gasteiger partial charge in [0, 0.05) is 6.54 Å². The average molecular weight is 170 g/mol. The second kappa shape index (κ2) is 2.72. The molecule has 1 N–H and O–H groups in total. The van der Waals surface area contributed by atoms with E-state index in [2.05, 4.69) is 0 Å². The van der Waals surface area contributed by atoms with E-state index in [4.69, 9.17) is 0 Å². The highest BCUT2D eigenvalue weighted by Gasteiger charge is 2.37. The number of carbonyl (C=O) groups is 4. The molecule has 0 radical (unpaired) electrons. The Balaban J connectivity index is 2.94. The number of barbiturate groups is 1. The first-order valence-electron chi connectivity index (χ1n) is 3.29. The van der Waals surface area contributed by atoms with Crippen molar-refractivity contribution in [1.29, 1.82) is 0 Å². The van der Waals surface area contributed by atoms with Gasteiger partial charge >= 0.3 is 23.6 Å². The first-order valence-corrected chi connectivity index (χ1v) is 3.29. The Labute approximate surface area is 67.5 Å². The Kier molecular flexibility index (Phi) is 1.90. The van der Waals surface area contributed by atoms with Crippen LogP contribution in [0.15, 0.2) is 0 Å². The highest BCUT2D eigenvalue weighted by atomic mass is 16.2. The SMILES string of the molecule is CCN1C(=O)NC(=O)C(=O)C1=O. The molecular weight excluding hydrogens is 164 g/mol. The summed E-state index contributed by atoms with van der Waals surface area (Å²) in [6.07, 6.45) is 0. The van der Waals surface area contributed by atoms with Gasteiger partial charge in [0.2, 0.25) is 0 Å². The second-order valence-corrected chi connectivity index (χ2v) is 2.14. The fourth-order valence-corrected chi connectivity index (χ4v) is 0.821. The van der Waals surface area contributed by atoms with Crippen LogP contribution in [-0.4, -0.2) is 35.1 Å². The average Bonchev–Trinajstić information content (AvgIpc) is 2.01. The molecule has 6 heteroatoms. The predicted octanol–water partition coefficient (Wildman–Crippen LogP) is -1.35. The van der Waals surface area contributed by atoms with Crippen LogP contribution in [0.5, 0.6) is 0 Å². The molecule has 0 aromatic carbocycles. The number of rotatable bonds is 1. The van der Waals surface area contributed by atoms with Crippen molar-refractivity contribution in [2.75, 3.05) is 6.54 Å². The number of nitrogens with one attached hydrogen (secondary N) is 1. The van der Waals surface area contributed by atoms with Crippen molar-refractivity contribution in [3.63, 3.8) is 0 Å². The van der Waals surface area contributed by atoms with E-state index < -0.39 is 23.6 Å². The third kappa shape index (κ3) is 1.07. The van der Waals surface area contributed by atoms with Gasteiger partial charge in [-0.1, -0.05) is 0 Å². The first kappa shape index (κ1) is 8.38. The highest BCUT2D eigenvalue weighted by Crippen LogP contribution is 1.98. The molecule has 6 nitrogen and oxygen atoms in total.